The Hall–Kier alpha value is -2.51. The summed E-state index contributed by atoms with van der Waals surface area (Å²) in [6.45, 7) is 4.46. The molecule has 0 bridgehead atoms. The van der Waals surface area contributed by atoms with Gasteiger partial charge in [-0.25, -0.2) is 0 Å². The molecule has 26 heavy (non-hydrogen) atoms. The lowest BCUT2D eigenvalue weighted by Crippen LogP contribution is -2.50. The van der Waals surface area contributed by atoms with E-state index in [1.807, 2.05) is 38.1 Å². The second kappa shape index (κ2) is 7.80. The summed E-state index contributed by atoms with van der Waals surface area (Å²) in [5.41, 5.74) is 8.30. The van der Waals surface area contributed by atoms with E-state index in [0.717, 1.165) is 16.5 Å². The van der Waals surface area contributed by atoms with Crippen molar-refractivity contribution < 1.29 is 19.1 Å². The summed E-state index contributed by atoms with van der Waals surface area (Å²) in [6, 6.07) is 7.57. The van der Waals surface area contributed by atoms with Crippen LogP contribution in [0.1, 0.15) is 28.0 Å². The van der Waals surface area contributed by atoms with Crippen LogP contribution in [0.3, 0.4) is 0 Å². The average molecular weight is 357 g/mol. The van der Waals surface area contributed by atoms with E-state index in [1.165, 1.54) is 0 Å². The monoisotopic (exact) mass is 357 g/mol. The first-order valence-corrected chi connectivity index (χ1v) is 8.60. The van der Waals surface area contributed by atoms with Gasteiger partial charge in [0, 0.05) is 12.0 Å². The number of rotatable bonds is 5. The lowest BCUT2D eigenvalue weighted by Gasteiger charge is -2.31. The molecule has 0 unspecified atom stereocenters. The van der Waals surface area contributed by atoms with Crippen LogP contribution in [0.2, 0.25) is 0 Å². The molecule has 7 nitrogen and oxygen atoms in total. The van der Waals surface area contributed by atoms with Crippen LogP contribution in [0.4, 0.5) is 0 Å². The Bertz CT molecular complexity index is 837. The third-order valence-electron chi connectivity index (χ3n) is 4.47. The number of amides is 2. The number of carbonyl (C=O) groups excluding carboxylic acids is 2. The van der Waals surface area contributed by atoms with Crippen molar-refractivity contribution in [2.45, 2.75) is 32.4 Å². The van der Waals surface area contributed by atoms with Gasteiger partial charge in [0.2, 0.25) is 5.91 Å². The van der Waals surface area contributed by atoms with Crippen molar-refractivity contribution in [2.75, 3.05) is 19.8 Å². The number of primary amides is 1. The van der Waals surface area contributed by atoms with Gasteiger partial charge in [-0.2, -0.15) is 0 Å². The van der Waals surface area contributed by atoms with Gasteiger partial charge in [0.25, 0.3) is 5.91 Å². The molecule has 1 fully saturated rings. The molecule has 3 rings (SSSR count). The number of fused-ring (bicyclic) bond motifs is 1. The first-order valence-electron chi connectivity index (χ1n) is 8.60. The maximum absolute atomic E-state index is 12.8. The van der Waals surface area contributed by atoms with E-state index < -0.39 is 12.0 Å². The zero-order valence-electron chi connectivity index (χ0n) is 15.0. The number of hydrogen-bond donors (Lipinski definition) is 2. The minimum absolute atomic E-state index is 0.198. The Labute approximate surface area is 151 Å². The maximum atomic E-state index is 12.8. The molecular weight excluding hydrogens is 334 g/mol. The third-order valence-corrected chi connectivity index (χ3v) is 4.47. The van der Waals surface area contributed by atoms with Gasteiger partial charge in [-0.15, -0.1) is 0 Å². The van der Waals surface area contributed by atoms with Crippen molar-refractivity contribution in [3.05, 3.63) is 41.1 Å². The topological polar surface area (TPSA) is 104 Å². The van der Waals surface area contributed by atoms with Gasteiger partial charge < -0.3 is 20.5 Å². The first-order chi connectivity index (χ1) is 12.4. The van der Waals surface area contributed by atoms with Crippen molar-refractivity contribution in [3.63, 3.8) is 0 Å². The molecule has 1 saturated heterocycles. The van der Waals surface area contributed by atoms with Crippen LogP contribution in [-0.2, 0) is 14.3 Å². The van der Waals surface area contributed by atoms with E-state index in [9.17, 15) is 9.59 Å². The molecule has 138 valence electrons. The molecule has 2 aromatic rings. The Morgan fingerprint density at radius 2 is 2.15 bits per heavy atom. The fourth-order valence-electron chi connectivity index (χ4n) is 3.10. The lowest BCUT2D eigenvalue weighted by molar-refractivity contribution is -0.129. The van der Waals surface area contributed by atoms with Crippen LogP contribution in [0.5, 0.6) is 0 Å². The summed E-state index contributed by atoms with van der Waals surface area (Å²) in [4.78, 5) is 28.3. The Morgan fingerprint density at radius 3 is 2.92 bits per heavy atom. The molecular formula is C19H23N3O4. The molecule has 0 spiro atoms. The maximum Gasteiger partial charge on any atom is 0.253 e. The molecule has 0 radical (unpaired) electrons. The highest BCUT2D eigenvalue weighted by Crippen LogP contribution is 2.19. The number of pyridine rings is 1. The number of hydrogen-bond acceptors (Lipinski definition) is 5. The number of nitrogens with zero attached hydrogens (tertiary/aromatic N) is 1. The number of aromatic nitrogens is 1. The molecule has 0 aliphatic carbocycles. The van der Waals surface area contributed by atoms with E-state index in [-0.39, 0.29) is 18.6 Å². The van der Waals surface area contributed by atoms with E-state index in [1.54, 1.807) is 0 Å². The zero-order valence-corrected chi connectivity index (χ0v) is 15.0. The van der Waals surface area contributed by atoms with Gasteiger partial charge in [0.05, 0.1) is 29.4 Å². The van der Waals surface area contributed by atoms with E-state index in [4.69, 9.17) is 15.2 Å². The average Bonchev–Trinajstić information content (AvgIpc) is 2.60. The van der Waals surface area contributed by atoms with Crippen LogP contribution < -0.4 is 11.1 Å². The number of carbonyl (C=O) groups is 2. The van der Waals surface area contributed by atoms with Crippen molar-refractivity contribution in [1.29, 1.82) is 0 Å². The standard InChI is InChI=1S/C19H23N3O4/c1-11-3-4-15-13(7-11)8-14(12(2)21-15)19(24)22-16-5-6-25-9-17(16)26-10-18(20)23/h3-4,7-8,16-17H,5-6,9-10H2,1-2H3,(H2,20,23)(H,22,24)/t16-,17-/m1/s1. The summed E-state index contributed by atoms with van der Waals surface area (Å²) in [6.07, 6.45) is 0.199. The molecule has 0 saturated carbocycles. The van der Waals surface area contributed by atoms with Crippen LogP contribution in [0, 0.1) is 13.8 Å². The molecule has 3 N–H and O–H groups in total. The summed E-state index contributed by atoms with van der Waals surface area (Å²) >= 11 is 0. The largest absolute Gasteiger partial charge is 0.379 e. The highest BCUT2D eigenvalue weighted by molar-refractivity contribution is 5.98. The van der Waals surface area contributed by atoms with E-state index in [0.29, 0.717) is 30.9 Å². The van der Waals surface area contributed by atoms with Gasteiger partial charge in [-0.05, 0) is 38.5 Å². The number of ether oxygens (including phenoxy) is 2. The van der Waals surface area contributed by atoms with Gasteiger partial charge >= 0.3 is 0 Å². The quantitative estimate of drug-likeness (QED) is 0.838. The van der Waals surface area contributed by atoms with Gasteiger partial charge in [-0.1, -0.05) is 11.6 Å². The fraction of sp³-hybridized carbons (Fsp3) is 0.421. The van der Waals surface area contributed by atoms with Crippen molar-refractivity contribution in [2.24, 2.45) is 5.73 Å². The first kappa shape index (κ1) is 18.3. The SMILES string of the molecule is Cc1ccc2nc(C)c(C(=O)N[C@@H]3CCOC[C@H]3OCC(N)=O)cc2c1. The number of nitrogens with two attached hydrogens (primary N) is 1. The molecule has 2 atom stereocenters. The molecule has 1 aromatic carbocycles. The van der Waals surface area contributed by atoms with Gasteiger partial charge in [0.15, 0.2) is 0 Å². The second-order valence-electron chi connectivity index (χ2n) is 6.58. The number of aryl methyl sites for hydroxylation is 2. The second-order valence-corrected chi connectivity index (χ2v) is 6.58. The molecule has 1 aromatic heterocycles. The summed E-state index contributed by atoms with van der Waals surface area (Å²) < 4.78 is 10.9. The highest BCUT2D eigenvalue weighted by Gasteiger charge is 2.29. The van der Waals surface area contributed by atoms with Gasteiger partial charge in [0.1, 0.15) is 12.7 Å². The van der Waals surface area contributed by atoms with Gasteiger partial charge in [-0.3, -0.25) is 14.6 Å². The molecule has 1 aliphatic heterocycles. The number of nitrogens with one attached hydrogen (secondary N) is 1. The highest BCUT2D eigenvalue weighted by atomic mass is 16.5. The summed E-state index contributed by atoms with van der Waals surface area (Å²) in [5, 5.41) is 3.92. The molecule has 2 heterocycles. The predicted molar refractivity (Wildman–Crippen MR) is 96.8 cm³/mol. The van der Waals surface area contributed by atoms with Crippen LogP contribution in [-0.4, -0.2) is 48.8 Å². The number of benzene rings is 1. The Kier molecular flexibility index (Phi) is 5.49. The summed E-state index contributed by atoms with van der Waals surface area (Å²) in [5.74, 6) is -0.761. The minimum atomic E-state index is -0.550. The summed E-state index contributed by atoms with van der Waals surface area (Å²) in [7, 11) is 0. The zero-order chi connectivity index (χ0) is 18.7. The van der Waals surface area contributed by atoms with Crippen LogP contribution in [0.25, 0.3) is 10.9 Å². The normalized spacial score (nSPS) is 20.1. The predicted octanol–water partition coefficient (Wildman–Crippen LogP) is 1.24. The van der Waals surface area contributed by atoms with Crippen LogP contribution in [0.15, 0.2) is 24.3 Å². The molecule has 2 amide bonds. The van der Waals surface area contributed by atoms with E-state index in [2.05, 4.69) is 10.3 Å². The van der Waals surface area contributed by atoms with Crippen molar-refractivity contribution in [1.82, 2.24) is 10.3 Å². The Morgan fingerprint density at radius 1 is 1.35 bits per heavy atom. The smallest absolute Gasteiger partial charge is 0.253 e. The molecule has 1 aliphatic rings. The van der Waals surface area contributed by atoms with Crippen LogP contribution >= 0.6 is 0 Å². The third kappa shape index (κ3) is 4.17. The van der Waals surface area contributed by atoms with Crippen molar-refractivity contribution >= 4 is 22.7 Å². The molecule has 7 heteroatoms. The lowest BCUT2D eigenvalue weighted by atomic mass is 10.0. The minimum Gasteiger partial charge on any atom is -0.379 e. The Balaban J connectivity index is 1.78. The van der Waals surface area contributed by atoms with E-state index >= 15 is 0 Å². The fourth-order valence-corrected chi connectivity index (χ4v) is 3.10. The van der Waals surface area contributed by atoms with Crippen molar-refractivity contribution in [3.8, 4) is 0 Å².